The Hall–Kier alpha value is -1.77. The molecule has 0 aromatic carbocycles. The van der Waals surface area contributed by atoms with Gasteiger partial charge in [0, 0.05) is 43.1 Å². The number of anilines is 1. The van der Waals surface area contributed by atoms with Gasteiger partial charge in [0.05, 0.1) is 4.88 Å². The van der Waals surface area contributed by atoms with Gasteiger partial charge in [-0.1, -0.05) is 6.07 Å². The lowest BCUT2D eigenvalue weighted by Gasteiger charge is -2.34. The number of thiazole rings is 2. The first-order chi connectivity index (χ1) is 11.3. The quantitative estimate of drug-likeness (QED) is 0.717. The molecule has 1 amide bonds. The Kier molecular flexibility index (Phi) is 4.11. The number of rotatable bonds is 3. The van der Waals surface area contributed by atoms with E-state index in [2.05, 4.69) is 14.9 Å². The number of aromatic nitrogens is 2. The summed E-state index contributed by atoms with van der Waals surface area (Å²) in [4.78, 5) is 26.7. The number of thiophene rings is 1. The predicted molar refractivity (Wildman–Crippen MR) is 95.7 cm³/mol. The SMILES string of the molecule is O=C(c1csc(-c2cccs2)n1)N1CCN(c2nccs2)CC1. The molecule has 0 saturated carbocycles. The van der Waals surface area contributed by atoms with Gasteiger partial charge in [-0.05, 0) is 11.4 Å². The number of carbonyl (C=O) groups excluding carboxylic acids is 1. The average molecular weight is 363 g/mol. The van der Waals surface area contributed by atoms with Crippen molar-refractivity contribution in [2.24, 2.45) is 0 Å². The standard InChI is InChI=1S/C15H14N4OS3/c20-14(11-10-23-13(17-11)12-2-1-8-21-12)18-4-6-19(7-5-18)15-16-3-9-22-15/h1-3,8-10H,4-7H2. The summed E-state index contributed by atoms with van der Waals surface area (Å²) in [5, 5.41) is 7.82. The van der Waals surface area contributed by atoms with Crippen LogP contribution in [0.4, 0.5) is 5.13 Å². The number of hydrogen-bond acceptors (Lipinski definition) is 7. The highest BCUT2D eigenvalue weighted by molar-refractivity contribution is 7.20. The maximum atomic E-state index is 12.6. The minimum atomic E-state index is 0.0304. The molecule has 0 unspecified atom stereocenters. The van der Waals surface area contributed by atoms with E-state index in [9.17, 15) is 4.79 Å². The van der Waals surface area contributed by atoms with Gasteiger partial charge in [-0.25, -0.2) is 9.97 Å². The molecule has 1 fully saturated rings. The highest BCUT2D eigenvalue weighted by Crippen LogP contribution is 2.28. The van der Waals surface area contributed by atoms with E-state index in [0.717, 1.165) is 28.1 Å². The topological polar surface area (TPSA) is 49.3 Å². The summed E-state index contributed by atoms with van der Waals surface area (Å²) < 4.78 is 0. The molecule has 8 heteroatoms. The second-order valence-corrected chi connectivity index (χ2v) is 7.79. The molecule has 118 valence electrons. The molecule has 1 saturated heterocycles. The minimum absolute atomic E-state index is 0.0304. The largest absolute Gasteiger partial charge is 0.345 e. The Bertz CT molecular complexity index is 774. The molecule has 0 atom stereocenters. The maximum absolute atomic E-state index is 12.6. The van der Waals surface area contributed by atoms with Crippen molar-refractivity contribution in [1.29, 1.82) is 0 Å². The first kappa shape index (κ1) is 14.8. The van der Waals surface area contributed by atoms with Crippen LogP contribution in [0, 0.1) is 0 Å². The van der Waals surface area contributed by atoms with Crippen LogP contribution in [0.25, 0.3) is 9.88 Å². The molecule has 0 aliphatic carbocycles. The van der Waals surface area contributed by atoms with Crippen LogP contribution in [0.3, 0.4) is 0 Å². The van der Waals surface area contributed by atoms with Crippen molar-refractivity contribution in [2.45, 2.75) is 0 Å². The van der Waals surface area contributed by atoms with E-state index in [-0.39, 0.29) is 5.91 Å². The molecule has 0 bridgehead atoms. The highest BCUT2D eigenvalue weighted by atomic mass is 32.1. The van der Waals surface area contributed by atoms with Gasteiger partial charge >= 0.3 is 0 Å². The average Bonchev–Trinajstić information content (AvgIpc) is 3.36. The Morgan fingerprint density at radius 3 is 2.65 bits per heavy atom. The number of hydrogen-bond donors (Lipinski definition) is 0. The van der Waals surface area contributed by atoms with Crippen LogP contribution in [-0.2, 0) is 0 Å². The summed E-state index contributed by atoms with van der Waals surface area (Å²) in [6, 6.07) is 4.03. The molecule has 5 nitrogen and oxygen atoms in total. The fourth-order valence-corrected chi connectivity index (χ4v) is 4.83. The molecule has 23 heavy (non-hydrogen) atoms. The molecule has 0 spiro atoms. The number of nitrogens with zero attached hydrogens (tertiary/aromatic N) is 4. The van der Waals surface area contributed by atoms with Gasteiger partial charge in [0.1, 0.15) is 10.7 Å². The van der Waals surface area contributed by atoms with E-state index in [4.69, 9.17) is 0 Å². The lowest BCUT2D eigenvalue weighted by atomic mass is 10.3. The van der Waals surface area contributed by atoms with E-state index in [0.29, 0.717) is 18.8 Å². The van der Waals surface area contributed by atoms with E-state index < -0.39 is 0 Å². The number of piperazine rings is 1. The lowest BCUT2D eigenvalue weighted by Crippen LogP contribution is -2.48. The number of carbonyl (C=O) groups is 1. The van der Waals surface area contributed by atoms with Crippen molar-refractivity contribution in [2.75, 3.05) is 31.1 Å². The monoisotopic (exact) mass is 362 g/mol. The van der Waals surface area contributed by atoms with Crippen molar-refractivity contribution >= 4 is 45.0 Å². The van der Waals surface area contributed by atoms with Crippen molar-refractivity contribution in [3.05, 3.63) is 40.2 Å². The molecular weight excluding hydrogens is 348 g/mol. The minimum Gasteiger partial charge on any atom is -0.345 e. The van der Waals surface area contributed by atoms with Gasteiger partial charge in [0.25, 0.3) is 5.91 Å². The van der Waals surface area contributed by atoms with Crippen LogP contribution in [0.2, 0.25) is 0 Å². The number of amides is 1. The first-order valence-corrected chi connectivity index (χ1v) is 9.88. The molecule has 1 aliphatic rings. The zero-order chi connectivity index (χ0) is 15.6. The summed E-state index contributed by atoms with van der Waals surface area (Å²) in [5.41, 5.74) is 0.557. The second kappa shape index (κ2) is 6.38. The van der Waals surface area contributed by atoms with Gasteiger partial charge in [0.2, 0.25) is 0 Å². The van der Waals surface area contributed by atoms with E-state index in [1.54, 1.807) is 22.7 Å². The zero-order valence-electron chi connectivity index (χ0n) is 12.2. The Morgan fingerprint density at radius 2 is 1.96 bits per heavy atom. The Balaban J connectivity index is 1.42. The van der Waals surface area contributed by atoms with E-state index in [1.807, 2.05) is 39.4 Å². The van der Waals surface area contributed by atoms with Gasteiger partial charge in [0.15, 0.2) is 5.13 Å². The van der Waals surface area contributed by atoms with Crippen molar-refractivity contribution in [3.8, 4) is 9.88 Å². The van der Waals surface area contributed by atoms with E-state index >= 15 is 0 Å². The summed E-state index contributed by atoms with van der Waals surface area (Å²) in [5.74, 6) is 0.0304. The van der Waals surface area contributed by atoms with Gasteiger partial charge < -0.3 is 9.80 Å². The van der Waals surface area contributed by atoms with Crippen molar-refractivity contribution in [1.82, 2.24) is 14.9 Å². The highest BCUT2D eigenvalue weighted by Gasteiger charge is 2.25. The van der Waals surface area contributed by atoms with Gasteiger partial charge in [-0.2, -0.15) is 0 Å². The summed E-state index contributed by atoms with van der Waals surface area (Å²) in [7, 11) is 0. The molecule has 4 rings (SSSR count). The van der Waals surface area contributed by atoms with Crippen LogP contribution < -0.4 is 4.90 Å². The second-order valence-electron chi connectivity index (χ2n) is 5.11. The zero-order valence-corrected chi connectivity index (χ0v) is 14.7. The molecule has 4 heterocycles. The molecule has 3 aromatic rings. The van der Waals surface area contributed by atoms with Crippen LogP contribution >= 0.6 is 34.0 Å². The summed E-state index contributed by atoms with van der Waals surface area (Å²) in [6.45, 7) is 3.07. The smallest absolute Gasteiger partial charge is 0.273 e. The summed E-state index contributed by atoms with van der Waals surface area (Å²) >= 11 is 4.82. The fraction of sp³-hybridized carbons (Fsp3) is 0.267. The molecule has 1 aliphatic heterocycles. The van der Waals surface area contributed by atoms with Gasteiger partial charge in [-0.15, -0.1) is 34.0 Å². The van der Waals surface area contributed by atoms with Crippen LogP contribution in [0.15, 0.2) is 34.5 Å². The van der Waals surface area contributed by atoms with Crippen LogP contribution in [0.5, 0.6) is 0 Å². The molecular formula is C15H14N4OS3. The third-order valence-electron chi connectivity index (χ3n) is 3.71. The van der Waals surface area contributed by atoms with Crippen LogP contribution in [0.1, 0.15) is 10.5 Å². The van der Waals surface area contributed by atoms with Crippen molar-refractivity contribution in [3.63, 3.8) is 0 Å². The third-order valence-corrected chi connectivity index (χ3v) is 6.43. The Morgan fingerprint density at radius 1 is 1.09 bits per heavy atom. The lowest BCUT2D eigenvalue weighted by molar-refractivity contribution is 0.0742. The normalized spacial score (nSPS) is 15.1. The first-order valence-electron chi connectivity index (χ1n) is 7.24. The Labute approximate surface area is 145 Å². The van der Waals surface area contributed by atoms with Gasteiger partial charge in [-0.3, -0.25) is 4.79 Å². The van der Waals surface area contributed by atoms with Crippen LogP contribution in [-0.4, -0.2) is 47.0 Å². The molecule has 3 aromatic heterocycles. The third kappa shape index (κ3) is 3.01. The molecule has 0 N–H and O–H groups in total. The van der Waals surface area contributed by atoms with E-state index in [1.165, 1.54) is 11.3 Å². The molecule has 0 radical (unpaired) electrons. The van der Waals surface area contributed by atoms with Crippen molar-refractivity contribution < 1.29 is 4.79 Å². The summed E-state index contributed by atoms with van der Waals surface area (Å²) in [6.07, 6.45) is 1.82. The predicted octanol–water partition coefficient (Wildman–Crippen LogP) is 3.29. The maximum Gasteiger partial charge on any atom is 0.273 e. The fourth-order valence-electron chi connectivity index (χ4n) is 2.52.